The lowest BCUT2D eigenvalue weighted by atomic mass is 9.99. The summed E-state index contributed by atoms with van der Waals surface area (Å²) in [6.07, 6.45) is 2.88. The van der Waals surface area contributed by atoms with E-state index in [1.807, 2.05) is 35.9 Å². The van der Waals surface area contributed by atoms with Crippen LogP contribution in [0.1, 0.15) is 24.8 Å². The van der Waals surface area contributed by atoms with Crippen molar-refractivity contribution in [3.05, 3.63) is 34.9 Å². The number of rotatable bonds is 6. The zero-order valence-electron chi connectivity index (χ0n) is 17.2. The van der Waals surface area contributed by atoms with Crippen molar-refractivity contribution in [3.8, 4) is 11.5 Å². The predicted molar refractivity (Wildman–Crippen MR) is 114 cm³/mol. The molecule has 1 aromatic carbocycles. The standard InChI is InChI=1S/C19H27N5O4S2/c1-22-18(17-12-27-15-7-3-4-8-16(15)28-17)21-24(19(22)29)13-23-9-5-6-14(11-23)10-20-30(2,25)26/h3-4,7-8,14,17,20H,5-6,9-13H2,1-2H3/t14-,17-/m0/s1. The molecule has 2 atom stereocenters. The van der Waals surface area contributed by atoms with E-state index in [0.717, 1.165) is 37.5 Å². The lowest BCUT2D eigenvalue weighted by molar-refractivity contribution is 0.0815. The van der Waals surface area contributed by atoms with Crippen molar-refractivity contribution in [2.24, 2.45) is 13.0 Å². The zero-order chi connectivity index (χ0) is 21.3. The van der Waals surface area contributed by atoms with Gasteiger partial charge in [-0.1, -0.05) is 12.1 Å². The molecule has 2 aromatic rings. The number of hydrogen-bond acceptors (Lipinski definition) is 7. The number of hydrogen-bond donors (Lipinski definition) is 1. The van der Waals surface area contributed by atoms with Gasteiger partial charge in [-0.15, -0.1) is 0 Å². The second-order valence-corrected chi connectivity index (χ2v) is 10.1. The van der Waals surface area contributed by atoms with Gasteiger partial charge in [0.25, 0.3) is 0 Å². The molecule has 0 unspecified atom stereocenters. The highest BCUT2D eigenvalue weighted by Crippen LogP contribution is 2.35. The van der Waals surface area contributed by atoms with Crippen LogP contribution in [0.5, 0.6) is 11.5 Å². The fourth-order valence-corrected chi connectivity index (χ4v) is 4.66. The molecule has 2 aliphatic heterocycles. The number of benzene rings is 1. The summed E-state index contributed by atoms with van der Waals surface area (Å²) < 4.78 is 41.6. The first-order valence-electron chi connectivity index (χ1n) is 9.99. The normalized spacial score (nSPS) is 22.2. The first-order chi connectivity index (χ1) is 14.3. The second-order valence-electron chi connectivity index (χ2n) is 7.91. The van der Waals surface area contributed by atoms with Crippen LogP contribution >= 0.6 is 12.2 Å². The van der Waals surface area contributed by atoms with E-state index in [2.05, 4.69) is 9.62 Å². The topological polar surface area (TPSA) is 90.6 Å². The molecule has 11 heteroatoms. The van der Waals surface area contributed by atoms with Crippen LogP contribution in [0, 0.1) is 10.7 Å². The largest absolute Gasteiger partial charge is 0.485 e. The molecule has 0 radical (unpaired) electrons. The van der Waals surface area contributed by atoms with Crippen LogP contribution in [0.2, 0.25) is 0 Å². The Morgan fingerprint density at radius 2 is 2.07 bits per heavy atom. The fraction of sp³-hybridized carbons (Fsp3) is 0.579. The number of nitrogens with one attached hydrogen (secondary N) is 1. The summed E-state index contributed by atoms with van der Waals surface area (Å²) in [5.41, 5.74) is 0. The summed E-state index contributed by atoms with van der Waals surface area (Å²) in [5.74, 6) is 2.43. The van der Waals surface area contributed by atoms with Crippen LogP contribution < -0.4 is 14.2 Å². The maximum atomic E-state index is 11.4. The number of likely N-dealkylation sites (tertiary alicyclic amines) is 1. The number of sulfonamides is 1. The summed E-state index contributed by atoms with van der Waals surface area (Å²) in [4.78, 5) is 2.26. The molecule has 2 aliphatic rings. The van der Waals surface area contributed by atoms with E-state index >= 15 is 0 Å². The van der Waals surface area contributed by atoms with Gasteiger partial charge in [0.1, 0.15) is 6.61 Å². The van der Waals surface area contributed by atoms with Crippen LogP contribution in [-0.2, 0) is 23.7 Å². The Morgan fingerprint density at radius 1 is 1.30 bits per heavy atom. The molecule has 1 fully saturated rings. The zero-order valence-corrected chi connectivity index (χ0v) is 18.8. The maximum absolute atomic E-state index is 11.4. The molecule has 0 bridgehead atoms. The minimum Gasteiger partial charge on any atom is -0.485 e. The number of para-hydroxylation sites is 2. The Balaban J connectivity index is 1.44. The van der Waals surface area contributed by atoms with E-state index in [1.54, 1.807) is 4.68 Å². The molecule has 0 spiro atoms. The third-order valence-electron chi connectivity index (χ3n) is 5.44. The second kappa shape index (κ2) is 8.66. The molecule has 3 heterocycles. The molecule has 164 valence electrons. The summed E-state index contributed by atoms with van der Waals surface area (Å²) in [6.45, 7) is 3.12. The smallest absolute Gasteiger partial charge is 0.208 e. The first kappa shape index (κ1) is 21.3. The third kappa shape index (κ3) is 4.85. The Morgan fingerprint density at radius 3 is 2.83 bits per heavy atom. The van der Waals surface area contributed by atoms with Crippen molar-refractivity contribution in [3.63, 3.8) is 0 Å². The molecule has 0 amide bonds. The molecule has 9 nitrogen and oxygen atoms in total. The van der Waals surface area contributed by atoms with Crippen molar-refractivity contribution >= 4 is 22.2 Å². The molecule has 1 N–H and O–H groups in total. The summed E-state index contributed by atoms with van der Waals surface area (Å²) in [7, 11) is -1.29. The van der Waals surface area contributed by atoms with Crippen LogP contribution in [0.25, 0.3) is 0 Å². The van der Waals surface area contributed by atoms with E-state index < -0.39 is 10.0 Å². The Labute approximate surface area is 181 Å². The van der Waals surface area contributed by atoms with Gasteiger partial charge in [-0.3, -0.25) is 4.90 Å². The highest BCUT2D eigenvalue weighted by Gasteiger charge is 2.28. The van der Waals surface area contributed by atoms with Gasteiger partial charge in [-0.25, -0.2) is 17.8 Å². The number of ether oxygens (including phenoxy) is 2. The van der Waals surface area contributed by atoms with Crippen molar-refractivity contribution in [2.45, 2.75) is 25.6 Å². The van der Waals surface area contributed by atoms with Gasteiger partial charge in [0.05, 0.1) is 12.9 Å². The molecule has 30 heavy (non-hydrogen) atoms. The van der Waals surface area contributed by atoms with E-state index in [4.69, 9.17) is 26.8 Å². The number of fused-ring (bicyclic) bond motifs is 1. The lowest BCUT2D eigenvalue weighted by Gasteiger charge is -2.32. The molecule has 1 saturated heterocycles. The minimum absolute atomic E-state index is 0.275. The summed E-state index contributed by atoms with van der Waals surface area (Å²) >= 11 is 5.61. The van der Waals surface area contributed by atoms with Crippen molar-refractivity contribution < 1.29 is 17.9 Å². The average Bonchev–Trinajstić information content (AvgIpc) is 3.00. The quantitative estimate of drug-likeness (QED) is 0.666. The highest BCUT2D eigenvalue weighted by atomic mass is 32.2. The Bertz CT molecular complexity index is 1070. The van der Waals surface area contributed by atoms with Crippen molar-refractivity contribution in [2.75, 3.05) is 32.5 Å². The van der Waals surface area contributed by atoms with Gasteiger partial charge in [0, 0.05) is 20.1 Å². The van der Waals surface area contributed by atoms with Gasteiger partial charge in [0.2, 0.25) is 10.0 Å². The van der Waals surface area contributed by atoms with Gasteiger partial charge in [-0.2, -0.15) is 5.10 Å². The molecular formula is C19H27N5O4S2. The third-order valence-corrected chi connectivity index (χ3v) is 6.62. The fourth-order valence-electron chi connectivity index (χ4n) is 3.93. The number of nitrogens with zero attached hydrogens (tertiary/aromatic N) is 4. The van der Waals surface area contributed by atoms with Crippen molar-refractivity contribution in [1.29, 1.82) is 0 Å². The van der Waals surface area contributed by atoms with Crippen molar-refractivity contribution in [1.82, 2.24) is 24.0 Å². The Hall–Kier alpha value is -1.95. The van der Waals surface area contributed by atoms with E-state index in [1.165, 1.54) is 6.26 Å². The van der Waals surface area contributed by atoms with E-state index in [9.17, 15) is 8.42 Å². The maximum Gasteiger partial charge on any atom is 0.208 e. The number of aromatic nitrogens is 3. The SMILES string of the molecule is Cn1c([C@@H]2COc3ccccc3O2)nn(CN2CCC[C@@H](CNS(C)(=O)=O)C2)c1=S. The summed E-state index contributed by atoms with van der Waals surface area (Å²) in [5, 5.41) is 4.73. The lowest BCUT2D eigenvalue weighted by Crippen LogP contribution is -2.41. The average molecular weight is 454 g/mol. The molecule has 4 rings (SSSR count). The molecule has 1 aromatic heterocycles. The molecular weight excluding hydrogens is 426 g/mol. The van der Waals surface area contributed by atoms with E-state index in [0.29, 0.717) is 30.3 Å². The van der Waals surface area contributed by atoms with Crippen LogP contribution in [0.4, 0.5) is 0 Å². The van der Waals surface area contributed by atoms with E-state index in [-0.39, 0.29) is 12.0 Å². The van der Waals surface area contributed by atoms with Gasteiger partial charge >= 0.3 is 0 Å². The van der Waals surface area contributed by atoms with Gasteiger partial charge in [-0.05, 0) is 49.7 Å². The Kier molecular flexibility index (Phi) is 6.14. The summed E-state index contributed by atoms with van der Waals surface area (Å²) in [6, 6.07) is 7.59. The van der Waals surface area contributed by atoms with Crippen LogP contribution in [-0.4, -0.2) is 60.2 Å². The monoisotopic (exact) mass is 453 g/mol. The minimum atomic E-state index is -3.17. The van der Waals surface area contributed by atoms with Gasteiger partial charge in [0.15, 0.2) is 28.2 Å². The van der Waals surface area contributed by atoms with Crippen LogP contribution in [0.15, 0.2) is 24.3 Å². The van der Waals surface area contributed by atoms with Gasteiger partial charge < -0.3 is 14.0 Å². The number of piperidine rings is 1. The van der Waals surface area contributed by atoms with Crippen LogP contribution in [0.3, 0.4) is 0 Å². The first-order valence-corrected chi connectivity index (χ1v) is 12.3. The predicted octanol–water partition coefficient (Wildman–Crippen LogP) is 1.68. The molecule has 0 aliphatic carbocycles. The molecule has 0 saturated carbocycles. The highest BCUT2D eigenvalue weighted by molar-refractivity contribution is 7.88.